The van der Waals surface area contributed by atoms with E-state index in [9.17, 15) is 13.2 Å². The van der Waals surface area contributed by atoms with E-state index in [-0.39, 0.29) is 34.5 Å². The van der Waals surface area contributed by atoms with Gasteiger partial charge in [-0.05, 0) is 25.1 Å². The van der Waals surface area contributed by atoms with Crippen molar-refractivity contribution in [1.29, 1.82) is 0 Å². The molecule has 1 aliphatic heterocycles. The van der Waals surface area contributed by atoms with Crippen molar-refractivity contribution in [1.82, 2.24) is 9.46 Å². The Kier molecular flexibility index (Phi) is 5.47. The van der Waals surface area contributed by atoms with Crippen LogP contribution in [-0.2, 0) is 14.8 Å². The molecule has 0 spiro atoms. The lowest BCUT2D eigenvalue weighted by atomic mass is 10.3. The number of anilines is 2. The number of sulfonamides is 1. The molecule has 26 heavy (non-hydrogen) atoms. The summed E-state index contributed by atoms with van der Waals surface area (Å²) in [5.74, 6) is 0.769. The van der Waals surface area contributed by atoms with Crippen LogP contribution in [-0.4, -0.2) is 50.2 Å². The summed E-state index contributed by atoms with van der Waals surface area (Å²) in [6, 6.07) is 5.06. The van der Waals surface area contributed by atoms with Crippen molar-refractivity contribution in [3.63, 3.8) is 0 Å². The molecule has 2 amide bonds. The lowest BCUT2D eigenvalue weighted by molar-refractivity contribution is 0.0730. The molecule has 140 valence electrons. The van der Waals surface area contributed by atoms with Gasteiger partial charge in [-0.25, -0.2) is 13.2 Å². The summed E-state index contributed by atoms with van der Waals surface area (Å²) in [6.45, 7) is 2.93. The molecule has 1 aliphatic rings. The van der Waals surface area contributed by atoms with E-state index in [1.807, 2.05) is 0 Å². The highest BCUT2D eigenvalue weighted by Crippen LogP contribution is 2.27. The highest BCUT2D eigenvalue weighted by molar-refractivity contribution is 7.89. The van der Waals surface area contributed by atoms with E-state index in [1.54, 1.807) is 13.0 Å². The molecule has 2 heterocycles. The van der Waals surface area contributed by atoms with Crippen molar-refractivity contribution in [3.05, 3.63) is 35.0 Å². The first kappa shape index (κ1) is 18.6. The van der Waals surface area contributed by atoms with Crippen LogP contribution in [0.3, 0.4) is 0 Å². The third-order valence-corrected chi connectivity index (χ3v) is 5.89. The Morgan fingerprint density at radius 1 is 1.23 bits per heavy atom. The fourth-order valence-electron chi connectivity index (χ4n) is 2.39. The summed E-state index contributed by atoms with van der Waals surface area (Å²) in [4.78, 5) is 12.1. The smallest absolute Gasteiger partial charge is 0.324 e. The van der Waals surface area contributed by atoms with Crippen LogP contribution in [0.5, 0.6) is 0 Å². The predicted octanol–water partition coefficient (Wildman–Crippen LogP) is 2.30. The molecule has 0 atom stereocenters. The topological polar surface area (TPSA) is 114 Å². The van der Waals surface area contributed by atoms with Gasteiger partial charge in [0.1, 0.15) is 5.76 Å². The lowest BCUT2D eigenvalue weighted by Gasteiger charge is -2.26. The molecular formula is C15H17ClN4O5S. The van der Waals surface area contributed by atoms with Crippen LogP contribution in [0.2, 0.25) is 5.02 Å². The number of hydrogen-bond donors (Lipinski definition) is 2. The zero-order chi connectivity index (χ0) is 18.7. The predicted molar refractivity (Wildman–Crippen MR) is 94.9 cm³/mol. The van der Waals surface area contributed by atoms with Gasteiger partial charge in [0.05, 0.1) is 28.8 Å². The monoisotopic (exact) mass is 400 g/mol. The number of aryl methyl sites for hydroxylation is 1. The molecule has 0 bridgehead atoms. The fourth-order valence-corrected chi connectivity index (χ4v) is 3.99. The molecule has 9 nitrogen and oxygen atoms in total. The average Bonchev–Trinajstić information content (AvgIpc) is 3.02. The van der Waals surface area contributed by atoms with Gasteiger partial charge >= 0.3 is 6.03 Å². The second-order valence-electron chi connectivity index (χ2n) is 5.56. The maximum Gasteiger partial charge on any atom is 0.324 e. The van der Waals surface area contributed by atoms with Crippen molar-refractivity contribution < 1.29 is 22.5 Å². The first-order valence-electron chi connectivity index (χ1n) is 7.75. The second kappa shape index (κ2) is 7.62. The van der Waals surface area contributed by atoms with Gasteiger partial charge in [0.15, 0.2) is 5.82 Å². The molecule has 0 unspecified atom stereocenters. The number of nitrogens with zero attached hydrogens (tertiary/aromatic N) is 2. The zero-order valence-corrected chi connectivity index (χ0v) is 15.4. The van der Waals surface area contributed by atoms with E-state index < -0.39 is 16.1 Å². The summed E-state index contributed by atoms with van der Waals surface area (Å²) in [6.07, 6.45) is 0. The number of carbonyl (C=O) groups excluding carboxylic acids is 1. The van der Waals surface area contributed by atoms with Crippen molar-refractivity contribution in [3.8, 4) is 0 Å². The summed E-state index contributed by atoms with van der Waals surface area (Å²) < 4.78 is 36.8. The minimum Gasteiger partial charge on any atom is -0.379 e. The Bertz CT molecular complexity index is 909. The van der Waals surface area contributed by atoms with E-state index in [0.29, 0.717) is 19.0 Å². The summed E-state index contributed by atoms with van der Waals surface area (Å²) in [7, 11) is -3.70. The number of halogens is 1. The fraction of sp³-hybridized carbons (Fsp3) is 0.333. The molecule has 3 rings (SSSR count). The van der Waals surface area contributed by atoms with Gasteiger partial charge in [0.2, 0.25) is 10.0 Å². The van der Waals surface area contributed by atoms with Gasteiger partial charge in [0.25, 0.3) is 0 Å². The van der Waals surface area contributed by atoms with Gasteiger partial charge in [-0.1, -0.05) is 16.8 Å². The molecule has 1 saturated heterocycles. The molecule has 0 radical (unpaired) electrons. The maximum absolute atomic E-state index is 12.7. The molecule has 1 aromatic carbocycles. The quantitative estimate of drug-likeness (QED) is 0.813. The van der Waals surface area contributed by atoms with E-state index in [1.165, 1.54) is 22.5 Å². The van der Waals surface area contributed by atoms with E-state index in [0.717, 1.165) is 0 Å². The van der Waals surface area contributed by atoms with Crippen LogP contribution in [0.4, 0.5) is 16.3 Å². The average molecular weight is 401 g/mol. The molecule has 2 N–H and O–H groups in total. The minimum absolute atomic E-state index is 0.0383. The molecule has 0 aliphatic carbocycles. The Hall–Kier alpha value is -2.14. The first-order chi connectivity index (χ1) is 12.4. The highest BCUT2D eigenvalue weighted by atomic mass is 35.5. The number of nitrogens with one attached hydrogen (secondary N) is 2. The number of hydrogen-bond acceptors (Lipinski definition) is 6. The van der Waals surface area contributed by atoms with Gasteiger partial charge < -0.3 is 14.6 Å². The van der Waals surface area contributed by atoms with Crippen LogP contribution in [0.1, 0.15) is 5.76 Å². The maximum atomic E-state index is 12.7. The van der Waals surface area contributed by atoms with E-state index >= 15 is 0 Å². The molecule has 11 heteroatoms. The van der Waals surface area contributed by atoms with Crippen LogP contribution in [0.25, 0.3) is 0 Å². The number of rotatable bonds is 4. The van der Waals surface area contributed by atoms with E-state index in [2.05, 4.69) is 15.8 Å². The Morgan fingerprint density at radius 2 is 1.96 bits per heavy atom. The highest BCUT2D eigenvalue weighted by Gasteiger charge is 2.27. The Labute approximate surface area is 155 Å². The van der Waals surface area contributed by atoms with Gasteiger partial charge in [-0.15, -0.1) is 0 Å². The lowest BCUT2D eigenvalue weighted by Crippen LogP contribution is -2.40. The molecule has 1 aromatic heterocycles. The number of carbonyl (C=O) groups is 1. The van der Waals surface area contributed by atoms with Crippen LogP contribution >= 0.6 is 11.6 Å². The molecule has 2 aromatic rings. The van der Waals surface area contributed by atoms with Crippen LogP contribution < -0.4 is 10.6 Å². The van der Waals surface area contributed by atoms with E-state index in [4.69, 9.17) is 20.9 Å². The molecule has 0 saturated carbocycles. The largest absolute Gasteiger partial charge is 0.379 e. The number of urea groups is 1. The number of benzene rings is 1. The summed E-state index contributed by atoms with van der Waals surface area (Å²) in [5, 5.41) is 8.83. The summed E-state index contributed by atoms with van der Waals surface area (Å²) in [5.41, 5.74) is 0.165. The SMILES string of the molecule is Cc1cc(NC(=O)Nc2cc(S(=O)(=O)N3CCOCC3)ccc2Cl)no1. The molecule has 1 fully saturated rings. The Morgan fingerprint density at radius 3 is 2.62 bits per heavy atom. The normalized spacial score (nSPS) is 15.6. The third kappa shape index (κ3) is 4.15. The summed E-state index contributed by atoms with van der Waals surface area (Å²) >= 11 is 6.08. The van der Waals surface area contributed by atoms with Crippen LogP contribution in [0, 0.1) is 6.92 Å². The minimum atomic E-state index is -3.70. The van der Waals surface area contributed by atoms with Gasteiger partial charge in [-0.2, -0.15) is 4.31 Å². The van der Waals surface area contributed by atoms with Crippen molar-refractivity contribution >= 4 is 39.2 Å². The van der Waals surface area contributed by atoms with Crippen molar-refractivity contribution in [2.75, 3.05) is 36.9 Å². The number of ether oxygens (including phenoxy) is 1. The number of aromatic nitrogens is 1. The first-order valence-corrected chi connectivity index (χ1v) is 9.57. The van der Waals surface area contributed by atoms with Crippen molar-refractivity contribution in [2.45, 2.75) is 11.8 Å². The second-order valence-corrected chi connectivity index (χ2v) is 7.91. The standard InChI is InChI=1S/C15H17ClN4O5S/c1-10-8-14(19-25-10)18-15(21)17-13-9-11(2-3-12(13)16)26(22,23)20-4-6-24-7-5-20/h2-3,8-9H,4-7H2,1H3,(H2,17,18,19,21). The zero-order valence-electron chi connectivity index (χ0n) is 13.9. The molecular weight excluding hydrogens is 384 g/mol. The van der Waals surface area contributed by atoms with Crippen LogP contribution in [0.15, 0.2) is 33.7 Å². The van der Waals surface area contributed by atoms with Gasteiger partial charge in [-0.3, -0.25) is 5.32 Å². The Balaban J connectivity index is 1.77. The third-order valence-electron chi connectivity index (χ3n) is 3.66. The number of amides is 2. The van der Waals surface area contributed by atoms with Crippen molar-refractivity contribution in [2.24, 2.45) is 0 Å². The van der Waals surface area contributed by atoms with Gasteiger partial charge in [0, 0.05) is 19.2 Å². The number of morpholine rings is 1.